The zero-order valence-corrected chi connectivity index (χ0v) is 13.8. The van der Waals surface area contributed by atoms with Gasteiger partial charge in [-0.3, -0.25) is 9.36 Å². The Morgan fingerprint density at radius 2 is 2.00 bits per heavy atom. The Morgan fingerprint density at radius 1 is 1.17 bits per heavy atom. The standard InChI is InChI=1S/C18H17FN2O2S/c19-14-6-3-5-13(11-14)12-24-18-20-16-8-2-1-7-15(16)17(23)21(18)9-4-10-22/h1-3,5-8,11,22H,4,9-10,12H2. The Balaban J connectivity index is 1.96. The van der Waals surface area contributed by atoms with E-state index in [0.717, 1.165) is 5.56 Å². The summed E-state index contributed by atoms with van der Waals surface area (Å²) in [4.78, 5) is 17.3. The molecule has 0 radical (unpaired) electrons. The smallest absolute Gasteiger partial charge is 0.262 e. The second-order valence-corrected chi connectivity index (χ2v) is 6.31. The number of rotatable bonds is 6. The average Bonchev–Trinajstić information content (AvgIpc) is 2.59. The highest BCUT2D eigenvalue weighted by molar-refractivity contribution is 7.98. The number of para-hydroxylation sites is 1. The van der Waals surface area contributed by atoms with Gasteiger partial charge in [0, 0.05) is 18.9 Å². The molecule has 0 spiro atoms. The van der Waals surface area contributed by atoms with Gasteiger partial charge in [-0.1, -0.05) is 36.0 Å². The van der Waals surface area contributed by atoms with Crippen molar-refractivity contribution in [2.75, 3.05) is 6.61 Å². The lowest BCUT2D eigenvalue weighted by atomic mass is 10.2. The average molecular weight is 344 g/mol. The van der Waals surface area contributed by atoms with Gasteiger partial charge in [-0.25, -0.2) is 9.37 Å². The maximum absolute atomic E-state index is 13.3. The second-order valence-electron chi connectivity index (χ2n) is 5.36. The van der Waals surface area contributed by atoms with Crippen LogP contribution in [0.1, 0.15) is 12.0 Å². The van der Waals surface area contributed by atoms with Crippen molar-refractivity contribution in [3.05, 3.63) is 70.3 Å². The summed E-state index contributed by atoms with van der Waals surface area (Å²) in [6.45, 7) is 0.409. The Labute approximate surface area is 143 Å². The number of hydrogen-bond donors (Lipinski definition) is 1. The van der Waals surface area contributed by atoms with E-state index in [1.807, 2.05) is 12.1 Å². The minimum atomic E-state index is -0.280. The van der Waals surface area contributed by atoms with Gasteiger partial charge in [0.2, 0.25) is 0 Å². The molecule has 0 aliphatic rings. The summed E-state index contributed by atoms with van der Waals surface area (Å²) in [5.41, 5.74) is 1.36. The number of nitrogens with zero attached hydrogens (tertiary/aromatic N) is 2. The molecule has 0 aliphatic carbocycles. The van der Waals surface area contributed by atoms with E-state index in [9.17, 15) is 9.18 Å². The lowest BCUT2D eigenvalue weighted by Gasteiger charge is -2.12. The molecule has 1 N–H and O–H groups in total. The molecule has 2 aromatic carbocycles. The zero-order valence-electron chi connectivity index (χ0n) is 13.0. The fraction of sp³-hybridized carbons (Fsp3) is 0.222. The molecule has 0 saturated carbocycles. The third-order valence-electron chi connectivity index (χ3n) is 3.62. The van der Waals surface area contributed by atoms with Crippen LogP contribution in [-0.2, 0) is 12.3 Å². The van der Waals surface area contributed by atoms with E-state index in [2.05, 4.69) is 4.98 Å². The lowest BCUT2D eigenvalue weighted by molar-refractivity contribution is 0.276. The minimum absolute atomic E-state index is 0.00721. The van der Waals surface area contributed by atoms with Crippen LogP contribution < -0.4 is 5.56 Å². The van der Waals surface area contributed by atoms with E-state index in [-0.39, 0.29) is 18.0 Å². The number of aliphatic hydroxyl groups is 1. The van der Waals surface area contributed by atoms with E-state index < -0.39 is 0 Å². The van der Waals surface area contributed by atoms with Gasteiger partial charge < -0.3 is 5.11 Å². The molecule has 124 valence electrons. The van der Waals surface area contributed by atoms with Gasteiger partial charge in [-0.2, -0.15) is 0 Å². The monoisotopic (exact) mass is 344 g/mol. The van der Waals surface area contributed by atoms with Gasteiger partial charge in [0.15, 0.2) is 5.16 Å². The molecule has 3 aromatic rings. The summed E-state index contributed by atoms with van der Waals surface area (Å²) >= 11 is 1.39. The molecule has 0 atom stereocenters. The number of halogens is 1. The van der Waals surface area contributed by atoms with Gasteiger partial charge in [0.05, 0.1) is 10.9 Å². The highest BCUT2D eigenvalue weighted by Crippen LogP contribution is 2.22. The van der Waals surface area contributed by atoms with Crippen LogP contribution >= 0.6 is 11.8 Å². The number of benzene rings is 2. The van der Waals surface area contributed by atoms with Crippen molar-refractivity contribution in [1.29, 1.82) is 0 Å². The van der Waals surface area contributed by atoms with Crippen LogP contribution in [0.3, 0.4) is 0 Å². The van der Waals surface area contributed by atoms with E-state index >= 15 is 0 Å². The first-order chi connectivity index (χ1) is 11.7. The van der Waals surface area contributed by atoms with Crippen molar-refractivity contribution >= 4 is 22.7 Å². The van der Waals surface area contributed by atoms with Crippen LogP contribution in [-0.4, -0.2) is 21.3 Å². The minimum Gasteiger partial charge on any atom is -0.396 e. The molecule has 4 nitrogen and oxygen atoms in total. The van der Waals surface area contributed by atoms with E-state index in [0.29, 0.717) is 34.8 Å². The molecule has 0 aliphatic heterocycles. The summed E-state index contributed by atoms with van der Waals surface area (Å²) in [7, 11) is 0. The fourth-order valence-corrected chi connectivity index (χ4v) is 3.43. The normalized spacial score (nSPS) is 11.1. The van der Waals surface area contributed by atoms with Crippen LogP contribution in [0.2, 0.25) is 0 Å². The van der Waals surface area contributed by atoms with Crippen molar-refractivity contribution in [2.45, 2.75) is 23.9 Å². The van der Waals surface area contributed by atoms with E-state index in [1.165, 1.54) is 23.9 Å². The number of hydrogen-bond acceptors (Lipinski definition) is 4. The fourth-order valence-electron chi connectivity index (χ4n) is 2.46. The van der Waals surface area contributed by atoms with E-state index in [1.54, 1.807) is 28.8 Å². The summed E-state index contributed by atoms with van der Waals surface area (Å²) in [5, 5.41) is 10.2. The number of aliphatic hydroxyl groups excluding tert-OH is 1. The molecular weight excluding hydrogens is 327 g/mol. The molecule has 3 rings (SSSR count). The zero-order chi connectivity index (χ0) is 16.9. The molecule has 1 aromatic heterocycles. The topological polar surface area (TPSA) is 55.1 Å². The van der Waals surface area contributed by atoms with Crippen molar-refractivity contribution in [3.8, 4) is 0 Å². The Morgan fingerprint density at radius 3 is 2.79 bits per heavy atom. The van der Waals surface area contributed by atoms with Crippen molar-refractivity contribution in [2.24, 2.45) is 0 Å². The predicted octanol–water partition coefficient (Wildman–Crippen LogP) is 3.21. The summed E-state index contributed by atoms with van der Waals surface area (Å²) in [6.07, 6.45) is 0.480. The van der Waals surface area contributed by atoms with Gasteiger partial charge in [0.1, 0.15) is 5.82 Å². The van der Waals surface area contributed by atoms with Gasteiger partial charge >= 0.3 is 0 Å². The summed E-state index contributed by atoms with van der Waals surface area (Å²) in [6, 6.07) is 13.6. The number of fused-ring (bicyclic) bond motifs is 1. The first-order valence-electron chi connectivity index (χ1n) is 7.67. The molecule has 24 heavy (non-hydrogen) atoms. The van der Waals surface area contributed by atoms with Crippen molar-refractivity contribution in [3.63, 3.8) is 0 Å². The molecular formula is C18H17FN2O2S. The highest BCUT2D eigenvalue weighted by atomic mass is 32.2. The maximum atomic E-state index is 13.3. The molecule has 0 amide bonds. The van der Waals surface area contributed by atoms with E-state index in [4.69, 9.17) is 5.11 Å². The van der Waals surface area contributed by atoms with Crippen molar-refractivity contribution in [1.82, 2.24) is 9.55 Å². The molecule has 0 saturated heterocycles. The highest BCUT2D eigenvalue weighted by Gasteiger charge is 2.11. The molecule has 0 fully saturated rings. The molecule has 0 bridgehead atoms. The predicted molar refractivity (Wildman–Crippen MR) is 93.7 cm³/mol. The van der Waals surface area contributed by atoms with Crippen LogP contribution in [0, 0.1) is 5.82 Å². The van der Waals surface area contributed by atoms with Crippen LogP contribution in [0.25, 0.3) is 10.9 Å². The SMILES string of the molecule is O=c1c2ccccc2nc(SCc2cccc(F)c2)n1CCCO. The second kappa shape index (κ2) is 7.59. The van der Waals surface area contributed by atoms with Gasteiger partial charge in [0.25, 0.3) is 5.56 Å². The third kappa shape index (κ3) is 3.66. The maximum Gasteiger partial charge on any atom is 0.262 e. The van der Waals surface area contributed by atoms with Crippen molar-refractivity contribution < 1.29 is 9.50 Å². The Kier molecular flexibility index (Phi) is 5.27. The molecule has 0 unspecified atom stereocenters. The summed E-state index contributed by atoms with van der Waals surface area (Å²) in [5.74, 6) is 0.235. The Bertz CT molecular complexity index is 911. The quantitative estimate of drug-likeness (QED) is 0.551. The van der Waals surface area contributed by atoms with Crippen LogP contribution in [0.5, 0.6) is 0 Å². The van der Waals surface area contributed by atoms with Gasteiger partial charge in [-0.15, -0.1) is 0 Å². The third-order valence-corrected chi connectivity index (χ3v) is 4.67. The van der Waals surface area contributed by atoms with Gasteiger partial charge in [-0.05, 0) is 36.2 Å². The first-order valence-corrected chi connectivity index (χ1v) is 8.65. The summed E-state index contributed by atoms with van der Waals surface area (Å²) < 4.78 is 14.9. The molecule has 1 heterocycles. The number of thioether (sulfide) groups is 1. The first kappa shape index (κ1) is 16.7. The Hall–Kier alpha value is -2.18. The largest absolute Gasteiger partial charge is 0.396 e. The van der Waals surface area contributed by atoms with Crippen LogP contribution in [0.4, 0.5) is 4.39 Å². The van der Waals surface area contributed by atoms with Crippen LogP contribution in [0.15, 0.2) is 58.5 Å². The molecule has 6 heteroatoms. The lowest BCUT2D eigenvalue weighted by Crippen LogP contribution is -2.24. The number of aromatic nitrogens is 2.